The van der Waals surface area contributed by atoms with Crippen LogP contribution in [0.25, 0.3) is 0 Å². The maximum atomic E-state index is 13.5. The third kappa shape index (κ3) is 1.53. The van der Waals surface area contributed by atoms with Crippen LogP contribution >= 0.6 is 0 Å². The van der Waals surface area contributed by atoms with Crippen molar-refractivity contribution in [1.29, 1.82) is 0 Å². The average Bonchev–Trinajstić information content (AvgIpc) is 2.41. The minimum atomic E-state index is -2.51. The number of hydrogen-bond acceptors (Lipinski definition) is 2. The van der Waals surface area contributed by atoms with Crippen LogP contribution in [0.5, 0.6) is 0 Å². The molecule has 1 aliphatic carbocycles. The molecule has 2 nitrogen and oxygen atoms in total. The molecule has 2 saturated heterocycles. The summed E-state index contributed by atoms with van der Waals surface area (Å²) in [5, 5.41) is -0.773. The van der Waals surface area contributed by atoms with Gasteiger partial charge in [0.05, 0.1) is 27.7 Å². The van der Waals surface area contributed by atoms with Crippen LogP contribution in [0.1, 0.15) is 19.3 Å². The largest absolute Gasteiger partial charge is 0.383 e. The third-order valence-electron chi connectivity index (χ3n) is 4.60. The van der Waals surface area contributed by atoms with Crippen molar-refractivity contribution < 1.29 is 13.5 Å². The van der Waals surface area contributed by atoms with Crippen molar-refractivity contribution in [2.24, 2.45) is 5.41 Å². The molecule has 1 saturated carbocycles. The van der Waals surface area contributed by atoms with E-state index in [9.17, 15) is 8.78 Å². The summed E-state index contributed by atoms with van der Waals surface area (Å²) >= 11 is 0. The Labute approximate surface area is 103 Å². The molecule has 6 heteroatoms. The van der Waals surface area contributed by atoms with Gasteiger partial charge in [0.15, 0.2) is 0 Å². The van der Waals surface area contributed by atoms with Crippen LogP contribution in [-0.4, -0.2) is 58.9 Å². The predicted octanol–water partition coefficient (Wildman–Crippen LogP) is 0.960. The second kappa shape index (κ2) is 3.08. The first-order chi connectivity index (χ1) is 7.74. The molecule has 2 atom stereocenters. The molecule has 2 heterocycles. The lowest BCUT2D eigenvalue weighted by Crippen LogP contribution is -2.42. The quantitative estimate of drug-likeness (QED) is 0.663. The SMILES string of the molecule is [B]C1([B])CN2CC3(CC2(COC)C1)CC3(F)F. The van der Waals surface area contributed by atoms with Crippen molar-refractivity contribution in [2.75, 3.05) is 26.8 Å². The lowest BCUT2D eigenvalue weighted by molar-refractivity contribution is 0.0580. The Kier molecular flexibility index (Phi) is 2.17. The van der Waals surface area contributed by atoms with Crippen molar-refractivity contribution in [1.82, 2.24) is 4.90 Å². The Morgan fingerprint density at radius 1 is 1.18 bits per heavy atom. The summed E-state index contributed by atoms with van der Waals surface area (Å²) in [7, 11) is 13.5. The molecular formula is C11H15B2F2NO. The smallest absolute Gasteiger partial charge is 0.255 e. The fourth-order valence-electron chi connectivity index (χ4n) is 3.96. The van der Waals surface area contributed by atoms with Crippen molar-refractivity contribution in [3.05, 3.63) is 0 Å². The van der Waals surface area contributed by atoms with Crippen molar-refractivity contribution >= 4 is 15.7 Å². The van der Waals surface area contributed by atoms with Gasteiger partial charge in [-0.25, -0.2) is 8.78 Å². The van der Waals surface area contributed by atoms with Crippen LogP contribution < -0.4 is 0 Å². The lowest BCUT2D eigenvalue weighted by Gasteiger charge is -2.31. The van der Waals surface area contributed by atoms with Gasteiger partial charge in [-0.05, 0) is 19.4 Å². The summed E-state index contributed by atoms with van der Waals surface area (Å²) in [5.41, 5.74) is -1.21. The van der Waals surface area contributed by atoms with E-state index >= 15 is 0 Å². The molecule has 0 bridgehead atoms. The molecular weight excluding hydrogens is 222 g/mol. The molecule has 17 heavy (non-hydrogen) atoms. The van der Waals surface area contributed by atoms with Gasteiger partial charge in [-0.2, -0.15) is 0 Å². The number of ether oxygens (including phenoxy) is 1. The summed E-state index contributed by atoms with van der Waals surface area (Å²) < 4.78 is 32.2. The van der Waals surface area contributed by atoms with Crippen LogP contribution in [0.4, 0.5) is 8.78 Å². The number of halogens is 2. The molecule has 0 amide bonds. The van der Waals surface area contributed by atoms with Crippen LogP contribution in [0.3, 0.4) is 0 Å². The predicted molar refractivity (Wildman–Crippen MR) is 61.6 cm³/mol. The van der Waals surface area contributed by atoms with E-state index in [-0.39, 0.29) is 12.0 Å². The number of nitrogens with zero attached hydrogens (tertiary/aromatic N) is 1. The van der Waals surface area contributed by atoms with Crippen LogP contribution in [0.15, 0.2) is 0 Å². The molecule has 90 valence electrons. The minimum Gasteiger partial charge on any atom is -0.383 e. The zero-order chi connectivity index (χ0) is 12.5. The normalized spacial score (nSPS) is 46.3. The highest BCUT2D eigenvalue weighted by Crippen LogP contribution is 2.70. The van der Waals surface area contributed by atoms with Gasteiger partial charge in [-0.1, -0.05) is 5.21 Å². The Morgan fingerprint density at radius 2 is 1.82 bits per heavy atom. The van der Waals surface area contributed by atoms with Crippen molar-refractivity contribution in [3.8, 4) is 0 Å². The first-order valence-electron chi connectivity index (χ1n) is 5.94. The monoisotopic (exact) mass is 237 g/mol. The first-order valence-corrected chi connectivity index (χ1v) is 5.94. The number of rotatable bonds is 2. The van der Waals surface area contributed by atoms with E-state index < -0.39 is 16.6 Å². The second-order valence-corrected chi connectivity index (χ2v) is 6.26. The van der Waals surface area contributed by atoms with Crippen LogP contribution in [-0.2, 0) is 4.74 Å². The number of methoxy groups -OCH3 is 1. The second-order valence-electron chi connectivity index (χ2n) is 6.26. The standard InChI is InChI=1S/C11H15B2F2NO/c1-17-7-9-2-8(3-11(8,14)15)5-16(9)6-10(12,13)4-9/h2-7H2,1H3. The van der Waals surface area contributed by atoms with E-state index in [2.05, 4.69) is 0 Å². The highest BCUT2D eigenvalue weighted by Gasteiger charge is 2.77. The molecule has 0 N–H and O–H groups in total. The van der Waals surface area contributed by atoms with Gasteiger partial charge in [0.2, 0.25) is 0 Å². The van der Waals surface area contributed by atoms with Gasteiger partial charge in [0.1, 0.15) is 0 Å². The zero-order valence-electron chi connectivity index (χ0n) is 10.0. The van der Waals surface area contributed by atoms with Crippen molar-refractivity contribution in [3.63, 3.8) is 0 Å². The van der Waals surface area contributed by atoms with E-state index in [4.69, 9.17) is 20.4 Å². The molecule has 3 fully saturated rings. The molecule has 0 aromatic carbocycles. The van der Waals surface area contributed by atoms with E-state index in [0.29, 0.717) is 32.5 Å². The molecule has 4 radical (unpaired) electrons. The highest BCUT2D eigenvalue weighted by molar-refractivity contribution is 6.40. The molecule has 0 aromatic heterocycles. The van der Waals surface area contributed by atoms with Gasteiger partial charge in [-0.3, -0.25) is 4.90 Å². The number of fused-ring (bicyclic) bond motifs is 1. The van der Waals surface area contributed by atoms with Gasteiger partial charge in [0, 0.05) is 25.6 Å². The number of hydrogen-bond donors (Lipinski definition) is 0. The fourth-order valence-corrected chi connectivity index (χ4v) is 3.96. The maximum absolute atomic E-state index is 13.5. The molecule has 2 unspecified atom stereocenters. The summed E-state index contributed by atoms with van der Waals surface area (Å²) in [6.45, 7) is 1.31. The highest BCUT2D eigenvalue weighted by atomic mass is 19.3. The summed E-state index contributed by atoms with van der Waals surface area (Å²) in [6.07, 6.45) is 0.993. The Morgan fingerprint density at radius 3 is 2.35 bits per heavy atom. The summed E-state index contributed by atoms with van der Waals surface area (Å²) in [5.74, 6) is -2.51. The molecule has 3 aliphatic rings. The number of alkyl halides is 2. The van der Waals surface area contributed by atoms with Crippen molar-refractivity contribution in [2.45, 2.75) is 35.9 Å². The van der Waals surface area contributed by atoms with E-state index in [0.717, 1.165) is 0 Å². The molecule has 0 aromatic rings. The van der Waals surface area contributed by atoms with Gasteiger partial charge < -0.3 is 4.74 Å². The minimum absolute atomic E-state index is 0.00407. The van der Waals surface area contributed by atoms with Crippen LogP contribution in [0, 0.1) is 5.41 Å². The van der Waals surface area contributed by atoms with E-state index in [1.165, 1.54) is 0 Å². The first kappa shape index (κ1) is 12.0. The maximum Gasteiger partial charge on any atom is 0.255 e. The third-order valence-corrected chi connectivity index (χ3v) is 4.60. The van der Waals surface area contributed by atoms with Gasteiger partial charge in [0.25, 0.3) is 5.92 Å². The van der Waals surface area contributed by atoms with Crippen LogP contribution in [0.2, 0.25) is 5.21 Å². The Balaban J connectivity index is 1.86. The topological polar surface area (TPSA) is 12.5 Å². The lowest BCUT2D eigenvalue weighted by atomic mass is 9.52. The molecule has 3 rings (SSSR count). The Bertz CT molecular complexity index is 365. The average molecular weight is 237 g/mol. The zero-order valence-corrected chi connectivity index (χ0v) is 10.0. The van der Waals surface area contributed by atoms with Gasteiger partial charge in [-0.15, -0.1) is 0 Å². The fraction of sp³-hybridized carbons (Fsp3) is 1.00. The van der Waals surface area contributed by atoms with E-state index in [1.807, 2.05) is 4.90 Å². The molecule has 2 aliphatic heterocycles. The van der Waals surface area contributed by atoms with Gasteiger partial charge >= 0.3 is 0 Å². The Hall–Kier alpha value is -0.0901. The van der Waals surface area contributed by atoms with E-state index in [1.54, 1.807) is 7.11 Å². The summed E-state index contributed by atoms with van der Waals surface area (Å²) in [4.78, 5) is 2.03. The molecule has 1 spiro atoms. The summed E-state index contributed by atoms with van der Waals surface area (Å²) in [6, 6.07) is 0.